The van der Waals surface area contributed by atoms with Crippen LogP contribution in [-0.2, 0) is 9.84 Å². The van der Waals surface area contributed by atoms with Crippen molar-refractivity contribution in [2.75, 3.05) is 17.3 Å². The number of carbonyl (C=O) groups is 1. The van der Waals surface area contributed by atoms with Crippen LogP contribution in [0.1, 0.15) is 34.2 Å². The Kier molecular flexibility index (Phi) is 4.85. The van der Waals surface area contributed by atoms with Gasteiger partial charge in [-0.25, -0.2) is 18.4 Å². The summed E-state index contributed by atoms with van der Waals surface area (Å²) in [6.07, 6.45) is 2.14. The Labute approximate surface area is 165 Å². The van der Waals surface area contributed by atoms with Gasteiger partial charge in [-0.3, -0.25) is 4.79 Å². The van der Waals surface area contributed by atoms with E-state index in [1.54, 1.807) is 11.3 Å². The average molecular weight is 422 g/mol. The second kappa shape index (κ2) is 7.03. The average Bonchev–Trinajstić information content (AvgIpc) is 3.30. The Bertz CT molecular complexity index is 1130. The summed E-state index contributed by atoms with van der Waals surface area (Å²) in [4.78, 5) is 22.3. The monoisotopic (exact) mass is 421 g/mol. The van der Waals surface area contributed by atoms with Crippen LogP contribution < -0.4 is 0 Å². The van der Waals surface area contributed by atoms with Crippen molar-refractivity contribution in [1.29, 1.82) is 0 Å². The highest BCUT2D eigenvalue weighted by Gasteiger charge is 2.31. The maximum atomic E-state index is 12.8. The van der Waals surface area contributed by atoms with Crippen LogP contribution in [0, 0.1) is 13.8 Å². The van der Waals surface area contributed by atoms with Crippen LogP contribution in [0.3, 0.4) is 0 Å². The van der Waals surface area contributed by atoms with Gasteiger partial charge in [-0.2, -0.15) is 0 Å². The van der Waals surface area contributed by atoms with E-state index in [0.29, 0.717) is 12.0 Å². The smallest absolute Gasteiger partial charge is 0.174 e. The molecule has 27 heavy (non-hydrogen) atoms. The zero-order valence-corrected chi connectivity index (χ0v) is 17.5. The molecule has 9 heteroatoms. The number of nitrogens with zero attached hydrogens (tertiary/aromatic N) is 3. The van der Waals surface area contributed by atoms with Crippen molar-refractivity contribution in [3.63, 3.8) is 0 Å². The molecule has 0 radical (unpaired) electrons. The number of hydrogen-bond acceptors (Lipinski definition) is 7. The third-order valence-corrected chi connectivity index (χ3v) is 8.50. The number of rotatable bonds is 5. The molecule has 0 amide bonds. The summed E-state index contributed by atoms with van der Waals surface area (Å²) >= 11 is 2.97. The van der Waals surface area contributed by atoms with Gasteiger partial charge >= 0.3 is 0 Å². The summed E-state index contributed by atoms with van der Waals surface area (Å²) in [6.45, 7) is 3.83. The Hall–Kier alpha value is -1.71. The van der Waals surface area contributed by atoms with Gasteiger partial charge in [-0.05, 0) is 37.8 Å². The lowest BCUT2D eigenvalue weighted by Gasteiger charge is -2.16. The van der Waals surface area contributed by atoms with Crippen LogP contribution in [0.5, 0.6) is 0 Å². The molecule has 0 aliphatic carbocycles. The first-order chi connectivity index (χ1) is 12.9. The molecule has 4 rings (SSSR count). The van der Waals surface area contributed by atoms with Crippen LogP contribution in [0.15, 0.2) is 28.9 Å². The number of fused-ring (bicyclic) bond motifs is 1. The maximum absolute atomic E-state index is 12.8. The fourth-order valence-corrected chi connectivity index (χ4v) is 7.06. The molecule has 142 valence electrons. The van der Waals surface area contributed by atoms with Crippen molar-refractivity contribution in [3.8, 4) is 0 Å². The molecule has 3 aromatic heterocycles. The Morgan fingerprint density at radius 1 is 1.37 bits per heavy atom. The van der Waals surface area contributed by atoms with Gasteiger partial charge in [0.05, 0.1) is 17.3 Å². The van der Waals surface area contributed by atoms with Gasteiger partial charge < -0.3 is 4.57 Å². The summed E-state index contributed by atoms with van der Waals surface area (Å²) in [5.41, 5.74) is 2.45. The molecule has 1 unspecified atom stereocenters. The van der Waals surface area contributed by atoms with Crippen molar-refractivity contribution in [1.82, 2.24) is 14.5 Å². The fraction of sp³-hybridized carbons (Fsp3) is 0.389. The van der Waals surface area contributed by atoms with Crippen molar-refractivity contribution < 1.29 is 13.2 Å². The van der Waals surface area contributed by atoms with Crippen molar-refractivity contribution in [3.05, 3.63) is 40.8 Å². The molecule has 1 aliphatic heterocycles. The molecule has 1 fully saturated rings. The molecule has 1 saturated heterocycles. The van der Waals surface area contributed by atoms with E-state index in [2.05, 4.69) is 9.97 Å². The second-order valence-corrected chi connectivity index (χ2v) is 10.8. The van der Waals surface area contributed by atoms with Gasteiger partial charge in [0.15, 0.2) is 15.6 Å². The summed E-state index contributed by atoms with van der Waals surface area (Å²) < 4.78 is 25.7. The molecule has 0 saturated carbocycles. The van der Waals surface area contributed by atoms with Crippen molar-refractivity contribution in [2.24, 2.45) is 0 Å². The largest absolute Gasteiger partial charge is 0.344 e. The predicted molar refractivity (Wildman–Crippen MR) is 109 cm³/mol. The number of Topliss-reactive ketones (excluding diaryl/α,β-unsaturated/α-hetero) is 1. The summed E-state index contributed by atoms with van der Waals surface area (Å²) in [6, 6.07) is 3.78. The summed E-state index contributed by atoms with van der Waals surface area (Å²) in [7, 11) is -2.97. The van der Waals surface area contributed by atoms with Crippen LogP contribution >= 0.6 is 23.1 Å². The molecule has 0 N–H and O–H groups in total. The lowest BCUT2D eigenvalue weighted by molar-refractivity contribution is 0.102. The molecule has 0 aromatic carbocycles. The zero-order valence-electron chi connectivity index (χ0n) is 15.0. The van der Waals surface area contributed by atoms with Gasteiger partial charge in [0.1, 0.15) is 16.2 Å². The highest BCUT2D eigenvalue weighted by Crippen LogP contribution is 2.31. The third-order valence-electron chi connectivity index (χ3n) is 4.92. The van der Waals surface area contributed by atoms with Gasteiger partial charge in [-0.15, -0.1) is 11.3 Å². The molecule has 1 atom stereocenters. The summed E-state index contributed by atoms with van der Waals surface area (Å²) in [5, 5.41) is 3.75. The normalized spacial score (nSPS) is 19.0. The SMILES string of the molecule is Cc1cc(C(=O)CSc2ncnc3sccc23)c(C)n1C1CCS(=O)(=O)C1. The molecule has 1 aliphatic rings. The van der Waals surface area contributed by atoms with Crippen LogP contribution in [0.25, 0.3) is 10.2 Å². The maximum Gasteiger partial charge on any atom is 0.174 e. The van der Waals surface area contributed by atoms with E-state index in [9.17, 15) is 13.2 Å². The van der Waals surface area contributed by atoms with E-state index >= 15 is 0 Å². The van der Waals surface area contributed by atoms with E-state index in [1.807, 2.05) is 35.9 Å². The van der Waals surface area contributed by atoms with E-state index in [1.165, 1.54) is 18.1 Å². The Morgan fingerprint density at radius 2 is 2.19 bits per heavy atom. The number of thiophene rings is 1. The fourth-order valence-electron chi connectivity index (χ4n) is 3.69. The van der Waals surface area contributed by atoms with Crippen LogP contribution in [0.2, 0.25) is 0 Å². The van der Waals surface area contributed by atoms with E-state index < -0.39 is 9.84 Å². The van der Waals surface area contributed by atoms with Gasteiger partial charge in [0.25, 0.3) is 0 Å². The van der Waals surface area contributed by atoms with Gasteiger partial charge in [0.2, 0.25) is 0 Å². The van der Waals surface area contributed by atoms with Gasteiger partial charge in [-0.1, -0.05) is 11.8 Å². The first-order valence-electron chi connectivity index (χ1n) is 8.59. The van der Waals surface area contributed by atoms with Crippen LogP contribution in [0.4, 0.5) is 0 Å². The summed E-state index contributed by atoms with van der Waals surface area (Å²) in [5.74, 6) is 0.693. The molecular weight excluding hydrogens is 402 g/mol. The molecule has 6 nitrogen and oxygen atoms in total. The Balaban J connectivity index is 1.54. The number of ketones is 1. The number of aromatic nitrogens is 3. The molecule has 3 aromatic rings. The highest BCUT2D eigenvalue weighted by atomic mass is 32.2. The van der Waals surface area contributed by atoms with Gasteiger partial charge in [0, 0.05) is 28.4 Å². The topological polar surface area (TPSA) is 81.9 Å². The quantitative estimate of drug-likeness (QED) is 0.357. The minimum absolute atomic E-state index is 0.0298. The first-order valence-corrected chi connectivity index (χ1v) is 12.3. The number of thioether (sulfide) groups is 1. The first kappa shape index (κ1) is 18.6. The lowest BCUT2D eigenvalue weighted by atomic mass is 10.2. The molecular formula is C18H19N3O3S3. The van der Waals surface area contributed by atoms with Crippen LogP contribution in [-0.4, -0.2) is 46.0 Å². The number of hydrogen-bond donors (Lipinski definition) is 0. The van der Waals surface area contributed by atoms with Crippen molar-refractivity contribution >= 4 is 48.9 Å². The van der Waals surface area contributed by atoms with Crippen molar-refractivity contribution in [2.45, 2.75) is 31.3 Å². The lowest BCUT2D eigenvalue weighted by Crippen LogP contribution is -2.14. The zero-order chi connectivity index (χ0) is 19.2. The number of carbonyl (C=O) groups excluding carboxylic acids is 1. The minimum atomic E-state index is -2.97. The van der Waals surface area contributed by atoms with E-state index in [4.69, 9.17) is 0 Å². The standard InChI is InChI=1S/C18H19N3O3S3/c1-11-7-15(12(2)21(11)13-4-6-27(23,24)9-13)16(22)8-26-18-14-3-5-25-17(14)19-10-20-18/h3,5,7,10,13H,4,6,8-9H2,1-2H3. The molecule has 4 heterocycles. The number of sulfone groups is 1. The highest BCUT2D eigenvalue weighted by molar-refractivity contribution is 8.00. The Morgan fingerprint density at radius 3 is 2.93 bits per heavy atom. The van der Waals surface area contributed by atoms with E-state index in [-0.39, 0.29) is 29.1 Å². The molecule has 0 spiro atoms. The third kappa shape index (κ3) is 3.55. The van der Waals surface area contributed by atoms with E-state index in [0.717, 1.165) is 26.6 Å². The minimum Gasteiger partial charge on any atom is -0.344 e. The second-order valence-electron chi connectivity index (χ2n) is 6.74. The molecule has 0 bridgehead atoms. The number of aryl methyl sites for hydroxylation is 1. The predicted octanol–water partition coefficient (Wildman–Crippen LogP) is 3.44.